The van der Waals surface area contributed by atoms with Gasteiger partial charge in [-0.2, -0.15) is 5.26 Å². The Hall–Kier alpha value is -3.50. The van der Waals surface area contributed by atoms with E-state index in [0.29, 0.717) is 78.1 Å². The van der Waals surface area contributed by atoms with Gasteiger partial charge in [0.1, 0.15) is 24.1 Å². The molecule has 1 aliphatic rings. The highest BCUT2D eigenvalue weighted by Crippen LogP contribution is 2.35. The Morgan fingerprint density at radius 2 is 1.75 bits per heavy atom. The van der Waals surface area contributed by atoms with Gasteiger partial charge in [-0.15, -0.1) is 0 Å². The Morgan fingerprint density at radius 3 is 2.40 bits per heavy atom. The number of nitrogens with zero attached hydrogens (tertiary/aromatic N) is 3. The molecule has 0 unspecified atom stereocenters. The topological polar surface area (TPSA) is 153 Å². The first-order valence-corrected chi connectivity index (χ1v) is 16.7. The molecule has 5 N–H and O–H groups in total. The normalized spacial score (nSPS) is 17.4. The van der Waals surface area contributed by atoms with Crippen molar-refractivity contribution in [1.82, 2.24) is 15.1 Å². The second-order valence-corrected chi connectivity index (χ2v) is 12.9. The number of aliphatic hydroxyl groups excluding tert-OH is 4. The lowest BCUT2D eigenvalue weighted by Crippen LogP contribution is -2.53. The van der Waals surface area contributed by atoms with Gasteiger partial charge in [-0.3, -0.25) is 9.69 Å². The predicted octanol–water partition coefficient (Wildman–Crippen LogP) is 4.12. The molecule has 4 aromatic rings. The summed E-state index contributed by atoms with van der Waals surface area (Å²) in [6, 6.07) is 20.0. The molecule has 0 radical (unpaired) electrons. The number of rotatable bonds is 13. The zero-order chi connectivity index (χ0) is 34.4. The van der Waals surface area contributed by atoms with Crippen molar-refractivity contribution in [3.8, 4) is 6.07 Å². The number of amides is 1. The summed E-state index contributed by atoms with van der Waals surface area (Å²) in [4.78, 5) is 17.6. The minimum absolute atomic E-state index is 0.109. The molecule has 48 heavy (non-hydrogen) atoms. The standard InChI is InChI=1S/C36H40Cl2N4O6/c1-40-36(47)32-26-6-3-2-5-24(26)17-25(20-39)27(32)18-23(22-8-9-28(37)29(38)19-22)10-11-41-12-14-42(15-13-41)33(31-7-4-16-48-31)35(46)34(45)30(44)21-43/h2-9,16-17,19,23,30,33-35,43-46H,10-15,18,21H2,1H3,(H,40,47)/t23-,30-,33+,34-,35+/m1/s1. The van der Waals surface area contributed by atoms with E-state index >= 15 is 0 Å². The Morgan fingerprint density at radius 1 is 1.00 bits per heavy atom. The maximum atomic E-state index is 13.3. The van der Waals surface area contributed by atoms with Crippen molar-refractivity contribution in [2.75, 3.05) is 46.4 Å². The Labute approximate surface area is 289 Å². The number of aliphatic hydroxyl groups is 4. The molecule has 0 aliphatic carbocycles. The van der Waals surface area contributed by atoms with Gasteiger partial charge in [0.05, 0.1) is 46.2 Å². The van der Waals surface area contributed by atoms with Crippen LogP contribution in [0.15, 0.2) is 71.3 Å². The largest absolute Gasteiger partial charge is 0.468 e. The van der Waals surface area contributed by atoms with Gasteiger partial charge in [0, 0.05) is 33.2 Å². The molecule has 0 saturated carbocycles. The summed E-state index contributed by atoms with van der Waals surface area (Å²) in [6.07, 6.45) is -1.85. The number of nitrogens with one attached hydrogen (secondary N) is 1. The molecule has 0 spiro atoms. The summed E-state index contributed by atoms with van der Waals surface area (Å²) in [6.45, 7) is 2.41. The van der Waals surface area contributed by atoms with Gasteiger partial charge < -0.3 is 35.1 Å². The van der Waals surface area contributed by atoms with Gasteiger partial charge >= 0.3 is 0 Å². The highest BCUT2D eigenvalue weighted by molar-refractivity contribution is 6.42. The molecular weight excluding hydrogens is 655 g/mol. The van der Waals surface area contributed by atoms with E-state index in [9.17, 15) is 30.5 Å². The molecule has 254 valence electrons. The van der Waals surface area contributed by atoms with Gasteiger partial charge in [0.25, 0.3) is 5.91 Å². The fraction of sp³-hybridized carbons (Fsp3) is 0.389. The van der Waals surface area contributed by atoms with E-state index in [1.807, 2.05) is 47.4 Å². The highest BCUT2D eigenvalue weighted by atomic mass is 35.5. The fourth-order valence-electron chi connectivity index (χ4n) is 6.64. The first-order valence-electron chi connectivity index (χ1n) is 15.9. The van der Waals surface area contributed by atoms with E-state index in [2.05, 4.69) is 16.3 Å². The lowest BCUT2D eigenvalue weighted by molar-refractivity contribution is -0.111. The third kappa shape index (κ3) is 7.86. The summed E-state index contributed by atoms with van der Waals surface area (Å²) in [5, 5.41) is 56.3. The second kappa shape index (κ2) is 16.3. The van der Waals surface area contributed by atoms with Crippen LogP contribution in [0.3, 0.4) is 0 Å². The lowest BCUT2D eigenvalue weighted by atomic mass is 9.83. The Kier molecular flexibility index (Phi) is 12.1. The van der Waals surface area contributed by atoms with Crippen molar-refractivity contribution in [3.63, 3.8) is 0 Å². The number of benzene rings is 3. The molecule has 1 amide bonds. The van der Waals surface area contributed by atoms with E-state index in [0.717, 1.165) is 16.3 Å². The summed E-state index contributed by atoms with van der Waals surface area (Å²) in [7, 11) is 1.58. The number of carbonyl (C=O) groups is 1. The van der Waals surface area contributed by atoms with E-state index in [-0.39, 0.29) is 11.8 Å². The maximum absolute atomic E-state index is 13.3. The zero-order valence-corrected chi connectivity index (χ0v) is 28.1. The van der Waals surface area contributed by atoms with Gasteiger partial charge in [-0.25, -0.2) is 0 Å². The fourth-order valence-corrected chi connectivity index (χ4v) is 6.94. The van der Waals surface area contributed by atoms with Crippen LogP contribution in [0.1, 0.15) is 51.2 Å². The van der Waals surface area contributed by atoms with Crippen molar-refractivity contribution in [2.45, 2.75) is 43.1 Å². The van der Waals surface area contributed by atoms with Crippen molar-refractivity contribution in [1.29, 1.82) is 5.26 Å². The predicted molar refractivity (Wildman–Crippen MR) is 184 cm³/mol. The molecule has 1 saturated heterocycles. The number of hydrogen-bond acceptors (Lipinski definition) is 9. The molecule has 5 rings (SSSR count). The van der Waals surface area contributed by atoms with Crippen molar-refractivity contribution in [3.05, 3.63) is 105 Å². The molecule has 1 aromatic heterocycles. The number of furan rings is 1. The van der Waals surface area contributed by atoms with Crippen molar-refractivity contribution in [2.24, 2.45) is 0 Å². The smallest absolute Gasteiger partial charge is 0.251 e. The quantitative estimate of drug-likeness (QED) is 0.139. The van der Waals surface area contributed by atoms with Crippen LogP contribution in [0.2, 0.25) is 10.0 Å². The number of piperazine rings is 1. The summed E-state index contributed by atoms with van der Waals surface area (Å²) < 4.78 is 5.60. The lowest BCUT2D eigenvalue weighted by Gasteiger charge is -2.41. The van der Waals surface area contributed by atoms with Crippen molar-refractivity contribution < 1.29 is 29.6 Å². The second-order valence-electron chi connectivity index (χ2n) is 12.1. The number of nitriles is 1. The summed E-state index contributed by atoms with van der Waals surface area (Å²) in [5.41, 5.74) is 2.56. The van der Waals surface area contributed by atoms with E-state index in [1.54, 1.807) is 25.2 Å². The van der Waals surface area contributed by atoms with Crippen LogP contribution in [-0.2, 0) is 6.42 Å². The van der Waals surface area contributed by atoms with Crippen LogP contribution >= 0.6 is 23.2 Å². The van der Waals surface area contributed by atoms with Gasteiger partial charge in [0.15, 0.2) is 0 Å². The zero-order valence-electron chi connectivity index (χ0n) is 26.6. The summed E-state index contributed by atoms with van der Waals surface area (Å²) in [5.74, 6) is 0.0879. The Balaban J connectivity index is 1.38. The molecular formula is C36H40Cl2N4O6. The molecule has 2 heterocycles. The molecule has 0 bridgehead atoms. The molecule has 1 fully saturated rings. The van der Waals surface area contributed by atoms with E-state index < -0.39 is 31.0 Å². The molecule has 10 nitrogen and oxygen atoms in total. The number of halogens is 2. The Bertz CT molecular complexity index is 1740. The first-order chi connectivity index (χ1) is 23.2. The maximum Gasteiger partial charge on any atom is 0.251 e. The summed E-state index contributed by atoms with van der Waals surface area (Å²) >= 11 is 12.8. The van der Waals surface area contributed by atoms with Gasteiger partial charge in [-0.05, 0) is 77.5 Å². The minimum atomic E-state index is -1.57. The van der Waals surface area contributed by atoms with E-state index in [4.69, 9.17) is 27.6 Å². The highest BCUT2D eigenvalue weighted by Gasteiger charge is 2.38. The van der Waals surface area contributed by atoms with Crippen LogP contribution in [0.5, 0.6) is 0 Å². The first kappa shape index (κ1) is 35.8. The SMILES string of the molecule is CNC(=O)c1c(C[C@@H](CCN2CCN([C@@H](c3ccco3)[C@H](O)[C@H](O)[C@H](O)CO)CC2)c2ccc(Cl)c(Cl)c2)c(C#N)cc2ccccc12. The molecule has 5 atom stereocenters. The van der Waals surface area contributed by atoms with Crippen LogP contribution in [-0.4, -0.2) is 101 Å². The van der Waals surface area contributed by atoms with Gasteiger partial charge in [0.2, 0.25) is 0 Å². The van der Waals surface area contributed by atoms with Crippen LogP contribution in [0, 0.1) is 11.3 Å². The average molecular weight is 696 g/mol. The number of hydrogen-bond donors (Lipinski definition) is 5. The van der Waals surface area contributed by atoms with E-state index in [1.165, 1.54) is 6.26 Å². The number of fused-ring (bicyclic) bond motifs is 1. The third-order valence-corrected chi connectivity index (χ3v) is 10.0. The van der Waals surface area contributed by atoms with Crippen molar-refractivity contribution >= 4 is 39.9 Å². The molecule has 12 heteroatoms. The van der Waals surface area contributed by atoms with Crippen LogP contribution in [0.4, 0.5) is 0 Å². The molecule has 1 aliphatic heterocycles. The average Bonchev–Trinajstić information content (AvgIpc) is 3.64. The van der Waals surface area contributed by atoms with Crippen LogP contribution in [0.25, 0.3) is 10.8 Å². The minimum Gasteiger partial charge on any atom is -0.468 e. The number of carbonyl (C=O) groups excluding carboxylic acids is 1. The van der Waals surface area contributed by atoms with Gasteiger partial charge in [-0.1, -0.05) is 53.5 Å². The molecule has 3 aromatic carbocycles. The monoisotopic (exact) mass is 694 g/mol. The van der Waals surface area contributed by atoms with Crippen LogP contribution < -0.4 is 5.32 Å². The third-order valence-electron chi connectivity index (χ3n) is 9.28.